The Hall–Kier alpha value is -1.43. The highest BCUT2D eigenvalue weighted by atomic mass is 35.5. The second kappa shape index (κ2) is 4.10. The van der Waals surface area contributed by atoms with E-state index >= 15 is 0 Å². The van der Waals surface area contributed by atoms with Gasteiger partial charge in [0.15, 0.2) is 11.5 Å². The van der Waals surface area contributed by atoms with Gasteiger partial charge in [0.1, 0.15) is 13.2 Å². The molecule has 1 aromatic rings. The summed E-state index contributed by atoms with van der Waals surface area (Å²) < 4.78 is 47.2. The summed E-state index contributed by atoms with van der Waals surface area (Å²) in [5.41, 5.74) is -0.698. The van der Waals surface area contributed by atoms with E-state index in [1.807, 2.05) is 0 Å². The summed E-state index contributed by atoms with van der Waals surface area (Å²) in [7, 11) is 0. The average molecular weight is 267 g/mol. The van der Waals surface area contributed by atoms with Crippen LogP contribution in [0.15, 0.2) is 12.1 Å². The molecule has 0 bridgehead atoms. The summed E-state index contributed by atoms with van der Waals surface area (Å²) in [5, 5.41) is -0.309. The van der Waals surface area contributed by atoms with Crippen molar-refractivity contribution in [1.82, 2.24) is 0 Å². The zero-order valence-electron chi connectivity index (χ0n) is 8.31. The van der Waals surface area contributed by atoms with Gasteiger partial charge in [-0.25, -0.2) is 0 Å². The maximum Gasteiger partial charge on any atom is 0.455 e. The predicted octanol–water partition coefficient (Wildman–Crippen LogP) is 2.86. The highest BCUT2D eigenvalue weighted by Gasteiger charge is 2.43. The maximum atomic E-state index is 12.4. The Bertz CT molecular complexity index is 471. The molecule has 0 aliphatic carbocycles. The molecule has 1 aliphatic heterocycles. The lowest BCUT2D eigenvalue weighted by atomic mass is 10.1. The fraction of sp³-hybridized carbons (Fsp3) is 0.300. The van der Waals surface area contributed by atoms with Crippen molar-refractivity contribution in [3.8, 4) is 11.5 Å². The standard InChI is InChI=1S/C10H6ClF3O3/c11-5-1-2-6-8(17-4-3-16-6)7(5)9(15)10(12,13)14/h1-2H,3-4H2. The highest BCUT2D eigenvalue weighted by molar-refractivity contribution is 6.34. The topological polar surface area (TPSA) is 35.5 Å². The molecule has 0 unspecified atom stereocenters. The van der Waals surface area contributed by atoms with E-state index in [1.54, 1.807) is 0 Å². The van der Waals surface area contributed by atoms with E-state index in [-0.39, 0.29) is 29.7 Å². The molecule has 0 saturated heterocycles. The van der Waals surface area contributed by atoms with Gasteiger partial charge in [-0.05, 0) is 12.1 Å². The van der Waals surface area contributed by atoms with E-state index in [0.29, 0.717) is 0 Å². The van der Waals surface area contributed by atoms with Crippen LogP contribution in [0, 0.1) is 0 Å². The van der Waals surface area contributed by atoms with E-state index in [2.05, 4.69) is 0 Å². The lowest BCUT2D eigenvalue weighted by Crippen LogP contribution is -2.26. The van der Waals surface area contributed by atoms with Crippen LogP contribution < -0.4 is 9.47 Å². The van der Waals surface area contributed by atoms with Gasteiger partial charge >= 0.3 is 6.18 Å². The normalized spacial score (nSPS) is 14.6. The number of fused-ring (bicyclic) bond motifs is 1. The Morgan fingerprint density at radius 2 is 1.88 bits per heavy atom. The zero-order valence-corrected chi connectivity index (χ0v) is 9.06. The molecule has 3 nitrogen and oxygen atoms in total. The van der Waals surface area contributed by atoms with E-state index in [4.69, 9.17) is 21.1 Å². The molecule has 0 radical (unpaired) electrons. The molecule has 0 fully saturated rings. The molecule has 0 saturated carbocycles. The lowest BCUT2D eigenvalue weighted by molar-refractivity contribution is -0.0887. The monoisotopic (exact) mass is 266 g/mol. The Morgan fingerprint density at radius 3 is 2.53 bits per heavy atom. The largest absolute Gasteiger partial charge is 0.486 e. The van der Waals surface area contributed by atoms with Gasteiger partial charge in [0.05, 0.1) is 10.6 Å². The van der Waals surface area contributed by atoms with Gasteiger partial charge in [-0.1, -0.05) is 11.6 Å². The van der Waals surface area contributed by atoms with Crippen LogP contribution >= 0.6 is 11.6 Å². The number of halogens is 4. The van der Waals surface area contributed by atoms with Gasteiger partial charge in [-0.2, -0.15) is 13.2 Å². The molecule has 0 amide bonds. The summed E-state index contributed by atoms with van der Waals surface area (Å²) in [6.07, 6.45) is -5.00. The highest BCUT2D eigenvalue weighted by Crippen LogP contribution is 2.40. The smallest absolute Gasteiger partial charge is 0.455 e. The number of benzene rings is 1. The van der Waals surface area contributed by atoms with Gasteiger partial charge in [0.25, 0.3) is 5.78 Å². The second-order valence-electron chi connectivity index (χ2n) is 3.27. The maximum absolute atomic E-state index is 12.4. The fourth-order valence-electron chi connectivity index (χ4n) is 1.45. The van der Waals surface area contributed by atoms with Gasteiger partial charge < -0.3 is 9.47 Å². The molecule has 7 heteroatoms. The van der Waals surface area contributed by atoms with Crippen molar-refractivity contribution in [2.45, 2.75) is 6.18 Å². The zero-order chi connectivity index (χ0) is 12.6. The number of carbonyl (C=O) groups excluding carboxylic acids is 1. The van der Waals surface area contributed by atoms with Crippen molar-refractivity contribution in [2.75, 3.05) is 13.2 Å². The van der Waals surface area contributed by atoms with Crippen molar-refractivity contribution in [3.05, 3.63) is 22.7 Å². The molecule has 1 heterocycles. The van der Waals surface area contributed by atoms with Crippen LogP contribution in [-0.4, -0.2) is 25.2 Å². The first kappa shape index (κ1) is 12.0. The third-order valence-corrected chi connectivity index (χ3v) is 2.46. The number of ketones is 1. The van der Waals surface area contributed by atoms with Crippen molar-refractivity contribution >= 4 is 17.4 Å². The number of rotatable bonds is 1. The van der Waals surface area contributed by atoms with E-state index < -0.39 is 17.5 Å². The number of hydrogen-bond donors (Lipinski definition) is 0. The van der Waals surface area contributed by atoms with Gasteiger partial charge in [0.2, 0.25) is 0 Å². The minimum absolute atomic E-state index is 0.0749. The molecule has 2 rings (SSSR count). The SMILES string of the molecule is O=C(c1c(Cl)ccc2c1OCCO2)C(F)(F)F. The number of carbonyl (C=O) groups is 1. The van der Waals surface area contributed by atoms with Crippen LogP contribution in [0.5, 0.6) is 11.5 Å². The molecule has 1 aromatic carbocycles. The quantitative estimate of drug-likeness (QED) is 0.733. The summed E-state index contributed by atoms with van der Waals surface area (Å²) in [4.78, 5) is 11.2. The molecule has 0 spiro atoms. The summed E-state index contributed by atoms with van der Waals surface area (Å²) in [6, 6.07) is 2.54. The number of alkyl halides is 3. The molecule has 92 valence electrons. The van der Waals surface area contributed by atoms with E-state index in [0.717, 1.165) is 0 Å². The van der Waals surface area contributed by atoms with Crippen LogP contribution in [0.3, 0.4) is 0 Å². The molecule has 17 heavy (non-hydrogen) atoms. The third kappa shape index (κ3) is 2.17. The van der Waals surface area contributed by atoms with Crippen molar-refractivity contribution in [1.29, 1.82) is 0 Å². The van der Waals surface area contributed by atoms with Gasteiger partial charge in [-0.3, -0.25) is 4.79 Å². The van der Waals surface area contributed by atoms with Gasteiger partial charge in [-0.15, -0.1) is 0 Å². The minimum atomic E-state index is -5.00. The van der Waals surface area contributed by atoms with Gasteiger partial charge in [0, 0.05) is 0 Å². The summed E-state index contributed by atoms with van der Waals surface area (Å²) >= 11 is 5.61. The average Bonchev–Trinajstić information content (AvgIpc) is 2.27. The van der Waals surface area contributed by atoms with Crippen molar-refractivity contribution in [3.63, 3.8) is 0 Å². The summed E-state index contributed by atoms with van der Waals surface area (Å²) in [5.74, 6) is -2.19. The fourth-order valence-corrected chi connectivity index (χ4v) is 1.68. The number of hydrogen-bond acceptors (Lipinski definition) is 3. The number of Topliss-reactive ketones (excluding diaryl/α,β-unsaturated/α-hetero) is 1. The molecule has 0 atom stereocenters. The minimum Gasteiger partial charge on any atom is -0.486 e. The molecule has 0 aromatic heterocycles. The van der Waals surface area contributed by atoms with E-state index in [9.17, 15) is 18.0 Å². The Morgan fingerprint density at radius 1 is 1.24 bits per heavy atom. The Labute approximate surface area is 99.1 Å². The molecule has 0 N–H and O–H groups in total. The number of ether oxygens (including phenoxy) is 2. The second-order valence-corrected chi connectivity index (χ2v) is 3.68. The molecule has 1 aliphatic rings. The van der Waals surface area contributed by atoms with Crippen molar-refractivity contribution in [2.24, 2.45) is 0 Å². The molecular weight excluding hydrogens is 261 g/mol. The molecular formula is C10H6ClF3O3. The Kier molecular flexibility index (Phi) is 2.91. The van der Waals surface area contributed by atoms with Crippen LogP contribution in [0.2, 0.25) is 5.02 Å². The predicted molar refractivity (Wildman–Crippen MR) is 52.8 cm³/mol. The van der Waals surface area contributed by atoms with Crippen LogP contribution in [0.1, 0.15) is 10.4 Å². The summed E-state index contributed by atoms with van der Waals surface area (Å²) in [6.45, 7) is 0.291. The van der Waals surface area contributed by atoms with Crippen molar-refractivity contribution < 1.29 is 27.4 Å². The first-order chi connectivity index (χ1) is 7.91. The van der Waals surface area contributed by atoms with Crippen LogP contribution in [-0.2, 0) is 0 Å². The first-order valence-corrected chi connectivity index (χ1v) is 4.98. The van der Waals surface area contributed by atoms with Crippen LogP contribution in [0.25, 0.3) is 0 Å². The Balaban J connectivity index is 2.56. The van der Waals surface area contributed by atoms with Crippen LogP contribution in [0.4, 0.5) is 13.2 Å². The lowest BCUT2D eigenvalue weighted by Gasteiger charge is -2.21. The first-order valence-electron chi connectivity index (χ1n) is 4.61. The van der Waals surface area contributed by atoms with E-state index in [1.165, 1.54) is 12.1 Å². The third-order valence-electron chi connectivity index (χ3n) is 2.14.